The maximum absolute atomic E-state index is 14.1. The number of hydrogen-bond acceptors (Lipinski definition) is 4. The van der Waals surface area contributed by atoms with Crippen LogP contribution >= 0.6 is 12.4 Å². The monoisotopic (exact) mass is 466 g/mol. The summed E-state index contributed by atoms with van der Waals surface area (Å²) in [6.45, 7) is 3.62. The molecule has 0 aliphatic carbocycles. The summed E-state index contributed by atoms with van der Waals surface area (Å²) in [6, 6.07) is 8.75. The molecule has 0 saturated carbocycles. The highest BCUT2D eigenvalue weighted by Crippen LogP contribution is 2.28. The quantitative estimate of drug-likeness (QED) is 0.612. The van der Waals surface area contributed by atoms with Crippen LogP contribution in [0.1, 0.15) is 35.7 Å². The maximum atomic E-state index is 14.1. The summed E-state index contributed by atoms with van der Waals surface area (Å²) in [4.78, 5) is 15.1. The number of halogens is 3. The highest BCUT2D eigenvalue weighted by Gasteiger charge is 2.23. The Bertz CT molecular complexity index is 962. The largest absolute Gasteiger partial charge is 0.493 e. The van der Waals surface area contributed by atoms with Gasteiger partial charge in [-0.25, -0.2) is 8.78 Å². The van der Waals surface area contributed by atoms with Crippen LogP contribution < -0.4 is 14.8 Å². The summed E-state index contributed by atoms with van der Waals surface area (Å²) in [5.74, 6) is -0.375. The molecule has 1 heterocycles. The van der Waals surface area contributed by atoms with Gasteiger partial charge in [-0.2, -0.15) is 0 Å². The van der Waals surface area contributed by atoms with Gasteiger partial charge in [0.15, 0.2) is 11.5 Å². The fourth-order valence-electron chi connectivity index (χ4n) is 3.78. The van der Waals surface area contributed by atoms with Crippen LogP contribution in [-0.4, -0.2) is 50.7 Å². The smallest absolute Gasteiger partial charge is 0.254 e. The molecule has 174 valence electrons. The van der Waals surface area contributed by atoms with Crippen molar-refractivity contribution in [2.75, 3.05) is 33.9 Å². The van der Waals surface area contributed by atoms with Crippen molar-refractivity contribution in [3.63, 3.8) is 0 Å². The number of carbonyl (C=O) groups excluding carboxylic acids is 1. The first-order valence-corrected chi connectivity index (χ1v) is 10.3. The molecule has 1 aliphatic rings. The van der Waals surface area contributed by atoms with Crippen LogP contribution in [0.25, 0.3) is 6.08 Å². The molecule has 0 bridgehead atoms. The number of nitrogens with zero attached hydrogens (tertiary/aromatic N) is 1. The van der Waals surface area contributed by atoms with Crippen molar-refractivity contribution >= 4 is 24.4 Å². The fourth-order valence-corrected chi connectivity index (χ4v) is 3.78. The van der Waals surface area contributed by atoms with Crippen LogP contribution in [0.3, 0.4) is 0 Å². The van der Waals surface area contributed by atoms with E-state index in [1.54, 1.807) is 36.3 Å². The van der Waals surface area contributed by atoms with E-state index in [9.17, 15) is 13.6 Å². The molecular weight excluding hydrogens is 438 g/mol. The fraction of sp³-hybridized carbons (Fsp3) is 0.375. The molecule has 1 N–H and O–H groups in total. The van der Waals surface area contributed by atoms with E-state index in [0.717, 1.165) is 31.0 Å². The van der Waals surface area contributed by atoms with E-state index in [1.165, 1.54) is 19.2 Å². The Hall–Kier alpha value is -2.64. The van der Waals surface area contributed by atoms with E-state index in [1.807, 2.05) is 6.92 Å². The number of nitrogens with one attached hydrogen (secondary N) is 1. The minimum Gasteiger partial charge on any atom is -0.493 e. The molecule has 1 fully saturated rings. The molecular formula is C24H29ClF2N2O3. The summed E-state index contributed by atoms with van der Waals surface area (Å²) in [6.07, 6.45) is 3.70. The number of rotatable bonds is 8. The van der Waals surface area contributed by atoms with Crippen molar-refractivity contribution in [1.82, 2.24) is 10.2 Å². The maximum Gasteiger partial charge on any atom is 0.254 e. The molecule has 1 amide bonds. The van der Waals surface area contributed by atoms with Crippen molar-refractivity contribution < 1.29 is 23.0 Å². The number of hydrogen-bond donors (Lipinski definition) is 1. The Balaban J connectivity index is 0.00000363. The summed E-state index contributed by atoms with van der Waals surface area (Å²) < 4.78 is 37.8. The number of carbonyl (C=O) groups is 1. The van der Waals surface area contributed by atoms with Gasteiger partial charge < -0.3 is 19.7 Å². The first kappa shape index (κ1) is 25.6. The summed E-state index contributed by atoms with van der Waals surface area (Å²) in [5.41, 5.74) is 1.56. The molecule has 3 rings (SSSR count). The Morgan fingerprint density at radius 2 is 1.91 bits per heavy atom. The molecule has 0 spiro atoms. The van der Waals surface area contributed by atoms with Gasteiger partial charge >= 0.3 is 0 Å². The zero-order valence-electron chi connectivity index (χ0n) is 18.5. The lowest BCUT2D eigenvalue weighted by atomic mass is 10.1. The second kappa shape index (κ2) is 11.8. The number of amides is 1. The van der Waals surface area contributed by atoms with Crippen molar-refractivity contribution in [3.05, 3.63) is 64.7 Å². The predicted molar refractivity (Wildman–Crippen MR) is 124 cm³/mol. The Morgan fingerprint density at radius 3 is 2.53 bits per heavy atom. The third-order valence-corrected chi connectivity index (χ3v) is 5.33. The van der Waals surface area contributed by atoms with E-state index >= 15 is 0 Å². The molecule has 1 atom stereocenters. The topological polar surface area (TPSA) is 50.8 Å². The Morgan fingerprint density at radius 1 is 1.16 bits per heavy atom. The SMILES string of the molecule is COc1ccc(C(=O)N(CC(C)=Cc2ccc(F)cc2F)CC2CCCN2)cc1OC.Cl. The van der Waals surface area contributed by atoms with Crippen molar-refractivity contribution in [2.45, 2.75) is 25.8 Å². The summed E-state index contributed by atoms with van der Waals surface area (Å²) in [5, 5.41) is 3.41. The van der Waals surface area contributed by atoms with Gasteiger partial charge in [-0.15, -0.1) is 12.4 Å². The summed E-state index contributed by atoms with van der Waals surface area (Å²) in [7, 11) is 3.07. The third kappa shape index (κ3) is 6.43. The Kier molecular flexibility index (Phi) is 9.47. The molecule has 2 aromatic rings. The van der Waals surface area contributed by atoms with Crippen LogP contribution in [0.5, 0.6) is 11.5 Å². The van der Waals surface area contributed by atoms with Gasteiger partial charge in [0.1, 0.15) is 11.6 Å². The molecule has 5 nitrogen and oxygen atoms in total. The molecule has 32 heavy (non-hydrogen) atoms. The van der Waals surface area contributed by atoms with Gasteiger partial charge in [0.05, 0.1) is 14.2 Å². The van der Waals surface area contributed by atoms with E-state index in [0.29, 0.717) is 30.2 Å². The average Bonchev–Trinajstić information content (AvgIpc) is 3.27. The molecule has 1 aliphatic heterocycles. The van der Waals surface area contributed by atoms with Gasteiger partial charge in [-0.1, -0.05) is 11.6 Å². The lowest BCUT2D eigenvalue weighted by molar-refractivity contribution is 0.0757. The van der Waals surface area contributed by atoms with E-state index in [2.05, 4.69) is 5.32 Å². The van der Waals surface area contributed by atoms with Gasteiger partial charge in [-0.05, 0) is 56.6 Å². The van der Waals surface area contributed by atoms with Gasteiger partial charge in [-0.3, -0.25) is 4.79 Å². The molecule has 0 aromatic heterocycles. The van der Waals surface area contributed by atoms with Crippen LogP contribution in [-0.2, 0) is 0 Å². The zero-order valence-corrected chi connectivity index (χ0v) is 19.3. The van der Waals surface area contributed by atoms with Crippen LogP contribution in [0.15, 0.2) is 42.0 Å². The lowest BCUT2D eigenvalue weighted by Crippen LogP contribution is -2.42. The van der Waals surface area contributed by atoms with E-state index in [4.69, 9.17) is 9.47 Å². The molecule has 1 saturated heterocycles. The molecule has 8 heteroatoms. The van der Waals surface area contributed by atoms with Crippen molar-refractivity contribution in [1.29, 1.82) is 0 Å². The van der Waals surface area contributed by atoms with Crippen molar-refractivity contribution in [3.8, 4) is 11.5 Å². The van der Waals surface area contributed by atoms with Gasteiger partial charge in [0.2, 0.25) is 0 Å². The van der Waals surface area contributed by atoms with Gasteiger partial charge in [0.25, 0.3) is 5.91 Å². The highest BCUT2D eigenvalue weighted by molar-refractivity contribution is 5.95. The highest BCUT2D eigenvalue weighted by atomic mass is 35.5. The van der Waals surface area contributed by atoms with Crippen molar-refractivity contribution in [2.24, 2.45) is 0 Å². The Labute approximate surface area is 193 Å². The molecule has 2 aromatic carbocycles. The molecule has 0 radical (unpaired) electrons. The lowest BCUT2D eigenvalue weighted by Gasteiger charge is -2.27. The normalized spacial score (nSPS) is 15.8. The van der Waals surface area contributed by atoms with Crippen LogP contribution in [0.2, 0.25) is 0 Å². The number of methoxy groups -OCH3 is 2. The van der Waals surface area contributed by atoms with Crippen LogP contribution in [0.4, 0.5) is 8.78 Å². The van der Waals surface area contributed by atoms with E-state index < -0.39 is 11.6 Å². The first-order chi connectivity index (χ1) is 14.9. The second-order valence-corrected chi connectivity index (χ2v) is 7.71. The van der Waals surface area contributed by atoms with Gasteiger partial charge in [0, 0.05) is 36.3 Å². The van der Waals surface area contributed by atoms with E-state index in [-0.39, 0.29) is 29.9 Å². The summed E-state index contributed by atoms with van der Waals surface area (Å²) >= 11 is 0. The minimum absolute atomic E-state index is 0. The number of benzene rings is 2. The zero-order chi connectivity index (χ0) is 22.4. The standard InChI is InChI=1S/C24H28F2N2O3.ClH/c1-16(11-17-6-8-19(25)13-21(17)26)14-28(15-20-5-4-10-27-20)24(29)18-7-9-22(30-2)23(12-18)31-3;/h6-9,11-13,20,27H,4-5,10,14-15H2,1-3H3;1H. The predicted octanol–water partition coefficient (Wildman–Crippen LogP) is 4.70. The second-order valence-electron chi connectivity index (χ2n) is 7.71. The first-order valence-electron chi connectivity index (χ1n) is 10.3. The van der Waals surface area contributed by atoms with Crippen LogP contribution in [0, 0.1) is 11.6 Å². The number of ether oxygens (including phenoxy) is 2. The minimum atomic E-state index is -0.630. The molecule has 1 unspecified atom stereocenters. The third-order valence-electron chi connectivity index (χ3n) is 5.33. The average molecular weight is 467 g/mol.